The fourth-order valence-electron chi connectivity index (χ4n) is 9.88. The second-order valence-electron chi connectivity index (χ2n) is 17.7. The lowest BCUT2D eigenvalue weighted by Crippen LogP contribution is -2.09. The van der Waals surface area contributed by atoms with Crippen molar-refractivity contribution < 1.29 is 0 Å². The maximum atomic E-state index is 2.37. The number of rotatable bonds is 10. The smallest absolute Gasteiger partial charge is 0.0462 e. The van der Waals surface area contributed by atoms with Crippen LogP contribution >= 0.6 is 0 Å². The van der Waals surface area contributed by atoms with Crippen molar-refractivity contribution in [3.63, 3.8) is 0 Å². The first-order valence-electron chi connectivity index (χ1n) is 23.7. The van der Waals surface area contributed by atoms with Crippen LogP contribution in [0.15, 0.2) is 285 Å². The van der Waals surface area contributed by atoms with E-state index >= 15 is 0 Å². The summed E-state index contributed by atoms with van der Waals surface area (Å²) in [4.78, 5) is 2.37. The second-order valence-corrected chi connectivity index (χ2v) is 17.7. The summed E-state index contributed by atoms with van der Waals surface area (Å²) >= 11 is 0. The van der Waals surface area contributed by atoms with Crippen molar-refractivity contribution in [3.05, 3.63) is 285 Å². The lowest BCUT2D eigenvalue weighted by molar-refractivity contribution is 1.28. The predicted octanol–water partition coefficient (Wildman–Crippen LogP) is 19.1. The molecule has 1 heteroatoms. The van der Waals surface area contributed by atoms with Gasteiger partial charge >= 0.3 is 0 Å². The van der Waals surface area contributed by atoms with E-state index in [1.807, 2.05) is 0 Å². The summed E-state index contributed by atoms with van der Waals surface area (Å²) in [6, 6.07) is 104. The largest absolute Gasteiger partial charge is 0.311 e. The van der Waals surface area contributed by atoms with Crippen molar-refractivity contribution in [3.8, 4) is 77.9 Å². The monoisotopic (exact) mass is 877 g/mol. The number of hydrogen-bond acceptors (Lipinski definition) is 1. The number of anilines is 3. The van der Waals surface area contributed by atoms with Gasteiger partial charge < -0.3 is 4.90 Å². The third-order valence-electron chi connectivity index (χ3n) is 13.5. The van der Waals surface area contributed by atoms with E-state index in [1.54, 1.807) is 0 Å². The molecule has 0 unspecified atom stereocenters. The Bertz CT molecular complexity index is 3650. The van der Waals surface area contributed by atoms with Gasteiger partial charge in [-0.05, 0) is 160 Å². The van der Waals surface area contributed by atoms with E-state index in [1.165, 1.54) is 93.9 Å². The van der Waals surface area contributed by atoms with Crippen LogP contribution in [0.25, 0.3) is 99.4 Å². The Labute approximate surface area is 404 Å². The summed E-state index contributed by atoms with van der Waals surface area (Å²) in [5.41, 5.74) is 20.0. The van der Waals surface area contributed by atoms with Gasteiger partial charge in [0.15, 0.2) is 0 Å². The summed E-state index contributed by atoms with van der Waals surface area (Å²) < 4.78 is 0. The zero-order chi connectivity index (χ0) is 45.9. The molecule has 0 saturated carbocycles. The molecule has 0 aliphatic rings. The molecule has 0 aromatic heterocycles. The van der Waals surface area contributed by atoms with Crippen LogP contribution in [0, 0.1) is 0 Å². The highest BCUT2D eigenvalue weighted by Crippen LogP contribution is 2.42. The molecule has 324 valence electrons. The summed E-state index contributed by atoms with van der Waals surface area (Å²) in [6.07, 6.45) is 0. The highest BCUT2D eigenvalue weighted by Gasteiger charge is 2.17. The van der Waals surface area contributed by atoms with Crippen molar-refractivity contribution in [2.45, 2.75) is 0 Å². The fourth-order valence-corrected chi connectivity index (χ4v) is 9.88. The molecule has 0 spiro atoms. The summed E-state index contributed by atoms with van der Waals surface area (Å²) in [7, 11) is 0. The molecule has 0 radical (unpaired) electrons. The normalized spacial score (nSPS) is 11.2. The number of nitrogens with zero attached hydrogens (tertiary/aromatic N) is 1. The second kappa shape index (κ2) is 18.3. The summed E-state index contributed by atoms with van der Waals surface area (Å²) in [5.74, 6) is 0. The van der Waals surface area contributed by atoms with E-state index in [0.29, 0.717) is 0 Å². The predicted molar refractivity (Wildman–Crippen MR) is 294 cm³/mol. The van der Waals surface area contributed by atoms with Crippen LogP contribution < -0.4 is 4.90 Å². The maximum absolute atomic E-state index is 2.37. The zero-order valence-corrected chi connectivity index (χ0v) is 38.1. The van der Waals surface area contributed by atoms with Gasteiger partial charge in [0.05, 0.1) is 0 Å². The minimum atomic E-state index is 1.08. The molecule has 12 rings (SSSR count). The summed E-state index contributed by atoms with van der Waals surface area (Å²) in [5, 5.41) is 4.98. The molecule has 12 aromatic rings. The van der Waals surface area contributed by atoms with Crippen molar-refractivity contribution in [1.29, 1.82) is 0 Å². The van der Waals surface area contributed by atoms with Crippen molar-refractivity contribution >= 4 is 38.6 Å². The number of fused-ring (bicyclic) bond motifs is 2. The van der Waals surface area contributed by atoms with Gasteiger partial charge in [0.1, 0.15) is 0 Å². The molecule has 0 heterocycles. The quantitative estimate of drug-likeness (QED) is 0.132. The van der Waals surface area contributed by atoms with Crippen LogP contribution in [-0.4, -0.2) is 0 Å². The van der Waals surface area contributed by atoms with Crippen LogP contribution in [0.4, 0.5) is 17.1 Å². The van der Waals surface area contributed by atoms with E-state index in [-0.39, 0.29) is 0 Å². The van der Waals surface area contributed by atoms with E-state index in [2.05, 4.69) is 290 Å². The van der Waals surface area contributed by atoms with Gasteiger partial charge in [-0.25, -0.2) is 0 Å². The number of benzene rings is 12. The topological polar surface area (TPSA) is 3.24 Å². The zero-order valence-electron chi connectivity index (χ0n) is 38.1. The highest BCUT2D eigenvalue weighted by molar-refractivity contribution is 6.04. The van der Waals surface area contributed by atoms with Gasteiger partial charge in [-0.15, -0.1) is 0 Å². The Morgan fingerprint density at radius 1 is 0.188 bits per heavy atom. The fraction of sp³-hybridized carbons (Fsp3) is 0. The van der Waals surface area contributed by atoms with Gasteiger partial charge in [-0.1, -0.05) is 224 Å². The first-order chi connectivity index (χ1) is 34.2. The molecule has 0 aliphatic carbocycles. The Morgan fingerprint density at radius 3 is 1.06 bits per heavy atom. The molecule has 0 fully saturated rings. The maximum Gasteiger partial charge on any atom is 0.0462 e. The first kappa shape index (κ1) is 41.4. The van der Waals surface area contributed by atoms with E-state index in [0.717, 1.165) is 22.6 Å². The average molecular weight is 878 g/mol. The van der Waals surface area contributed by atoms with Gasteiger partial charge in [-0.2, -0.15) is 0 Å². The third-order valence-corrected chi connectivity index (χ3v) is 13.5. The standard InChI is InChI=1S/C68H47N/c1-4-14-48(15-5-1)60-45-61(49-16-6-2-7-17-49)47-62(46-60)54-32-39-64(40-33-54)69(63-37-30-52(31-38-63)51-24-26-53(27-25-51)59-29-28-50-18-10-11-22-58(50)44-59)65-41-34-57(35-42-65)68-66-23-13-12-21-56(66)36-43-67(68)55-19-8-3-9-20-55/h1-47H. The lowest BCUT2D eigenvalue weighted by atomic mass is 9.89. The molecule has 69 heavy (non-hydrogen) atoms. The first-order valence-corrected chi connectivity index (χ1v) is 23.7. The number of hydrogen-bond donors (Lipinski definition) is 0. The van der Waals surface area contributed by atoms with Crippen LogP contribution in [-0.2, 0) is 0 Å². The molecule has 0 atom stereocenters. The van der Waals surface area contributed by atoms with Gasteiger partial charge in [0.2, 0.25) is 0 Å². The molecule has 0 amide bonds. The molecule has 12 aromatic carbocycles. The van der Waals surface area contributed by atoms with Crippen molar-refractivity contribution in [2.24, 2.45) is 0 Å². The molecular formula is C68H47N. The van der Waals surface area contributed by atoms with Gasteiger partial charge in [0, 0.05) is 17.1 Å². The van der Waals surface area contributed by atoms with Crippen LogP contribution in [0.1, 0.15) is 0 Å². The highest BCUT2D eigenvalue weighted by atomic mass is 15.1. The molecule has 0 saturated heterocycles. The Kier molecular flexibility index (Phi) is 11.0. The molecule has 0 bridgehead atoms. The SMILES string of the molecule is c1ccc(-c2cc(-c3ccccc3)cc(-c3ccc(N(c4ccc(-c5ccc(-c6ccc7ccccc7c6)cc5)cc4)c4ccc(-c5c(-c6ccccc6)ccc6ccccc56)cc4)cc3)c2)cc1. The third kappa shape index (κ3) is 8.39. The Balaban J connectivity index is 0.924. The van der Waals surface area contributed by atoms with E-state index in [9.17, 15) is 0 Å². The molecule has 1 nitrogen and oxygen atoms in total. The van der Waals surface area contributed by atoms with Crippen LogP contribution in [0.2, 0.25) is 0 Å². The van der Waals surface area contributed by atoms with E-state index in [4.69, 9.17) is 0 Å². The minimum Gasteiger partial charge on any atom is -0.311 e. The molecule has 0 aliphatic heterocycles. The van der Waals surface area contributed by atoms with Gasteiger partial charge in [0.25, 0.3) is 0 Å². The lowest BCUT2D eigenvalue weighted by Gasteiger charge is -2.26. The van der Waals surface area contributed by atoms with Crippen LogP contribution in [0.5, 0.6) is 0 Å². The van der Waals surface area contributed by atoms with Crippen LogP contribution in [0.3, 0.4) is 0 Å². The van der Waals surface area contributed by atoms with Crippen molar-refractivity contribution in [2.75, 3.05) is 4.90 Å². The molecular weight excluding hydrogens is 831 g/mol. The minimum absolute atomic E-state index is 1.08. The van der Waals surface area contributed by atoms with E-state index < -0.39 is 0 Å². The van der Waals surface area contributed by atoms with Gasteiger partial charge in [-0.3, -0.25) is 0 Å². The Morgan fingerprint density at radius 2 is 0.536 bits per heavy atom. The van der Waals surface area contributed by atoms with Crippen molar-refractivity contribution in [1.82, 2.24) is 0 Å². The average Bonchev–Trinajstić information content (AvgIpc) is 3.44. The summed E-state index contributed by atoms with van der Waals surface area (Å²) in [6.45, 7) is 0. The molecule has 0 N–H and O–H groups in total. The Hall–Kier alpha value is -9.04.